The lowest BCUT2D eigenvalue weighted by Crippen LogP contribution is -2.36. The van der Waals surface area contributed by atoms with Crippen molar-refractivity contribution in [2.75, 3.05) is 13.1 Å². The van der Waals surface area contributed by atoms with E-state index in [9.17, 15) is 9.90 Å². The van der Waals surface area contributed by atoms with Gasteiger partial charge in [-0.3, -0.25) is 4.79 Å². The molecule has 5 heteroatoms. The first kappa shape index (κ1) is 21.2. The van der Waals surface area contributed by atoms with Crippen LogP contribution in [0.4, 0.5) is 0 Å². The van der Waals surface area contributed by atoms with E-state index in [2.05, 4.69) is 0 Å². The molecule has 25 heavy (non-hydrogen) atoms. The third kappa shape index (κ3) is 6.16. The summed E-state index contributed by atoms with van der Waals surface area (Å²) in [6, 6.07) is 17.0. The fraction of sp³-hybridized carbons (Fsp3) is 0.350. The third-order valence-electron chi connectivity index (χ3n) is 4.21. The molecule has 2 rings (SSSR count). The summed E-state index contributed by atoms with van der Waals surface area (Å²) in [5.41, 5.74) is 9.04. The molecule has 0 heterocycles. The zero-order valence-electron chi connectivity index (χ0n) is 14.8. The Morgan fingerprint density at radius 3 is 2.24 bits per heavy atom. The molecular weight excluding hydrogens is 336 g/mol. The number of likely N-dealkylation sites (N-methyl/N-ethyl adjacent to an activating group) is 1. The van der Waals surface area contributed by atoms with Gasteiger partial charge in [-0.2, -0.15) is 0 Å². The fourth-order valence-corrected chi connectivity index (χ4v) is 2.65. The first-order valence-corrected chi connectivity index (χ1v) is 8.34. The number of carbonyl (C=O) groups excluding carboxylic acids is 1. The highest BCUT2D eigenvalue weighted by molar-refractivity contribution is 5.85. The van der Waals surface area contributed by atoms with Crippen molar-refractivity contribution in [1.82, 2.24) is 4.90 Å². The Morgan fingerprint density at radius 2 is 1.68 bits per heavy atom. The number of aliphatic hydroxyl groups excluding tert-OH is 1. The molecule has 4 nitrogen and oxygen atoms in total. The lowest BCUT2D eigenvalue weighted by molar-refractivity contribution is -0.132. The van der Waals surface area contributed by atoms with E-state index in [0.29, 0.717) is 6.54 Å². The Kier molecular flexibility index (Phi) is 8.62. The number of benzene rings is 2. The van der Waals surface area contributed by atoms with Crippen LogP contribution in [0.2, 0.25) is 0 Å². The van der Waals surface area contributed by atoms with Crippen molar-refractivity contribution >= 4 is 18.3 Å². The maximum Gasteiger partial charge on any atom is 0.224 e. The Morgan fingerprint density at radius 1 is 1.08 bits per heavy atom. The molecule has 3 N–H and O–H groups in total. The highest BCUT2D eigenvalue weighted by Crippen LogP contribution is 2.18. The van der Waals surface area contributed by atoms with Crippen LogP contribution in [0.1, 0.15) is 42.2 Å². The number of nitrogens with two attached hydrogens (primary N) is 1. The zero-order valence-corrected chi connectivity index (χ0v) is 15.6. The van der Waals surface area contributed by atoms with E-state index in [4.69, 9.17) is 5.73 Å². The normalized spacial score (nSPS) is 12.8. The zero-order chi connectivity index (χ0) is 17.5. The van der Waals surface area contributed by atoms with Crippen LogP contribution in [0, 0.1) is 6.92 Å². The topological polar surface area (TPSA) is 66.6 Å². The SMILES string of the molecule is CCN(CC(O)c1ccc(C)cc1)C(=O)CC(N)c1ccccc1.Cl. The van der Waals surface area contributed by atoms with Gasteiger partial charge < -0.3 is 15.7 Å². The number of halogens is 1. The van der Waals surface area contributed by atoms with Crippen LogP contribution in [0.5, 0.6) is 0 Å². The van der Waals surface area contributed by atoms with E-state index in [1.165, 1.54) is 0 Å². The van der Waals surface area contributed by atoms with E-state index in [0.717, 1.165) is 16.7 Å². The standard InChI is InChI=1S/C20H26N2O2.ClH/c1-3-22(14-19(23)17-11-9-15(2)10-12-17)20(24)13-18(21)16-7-5-4-6-8-16;/h4-12,18-19,23H,3,13-14,21H2,1-2H3;1H. The predicted octanol–water partition coefficient (Wildman–Crippen LogP) is 3.39. The molecule has 0 aliphatic carbocycles. The summed E-state index contributed by atoms with van der Waals surface area (Å²) < 4.78 is 0. The Bertz CT molecular complexity index is 647. The van der Waals surface area contributed by atoms with E-state index >= 15 is 0 Å². The minimum Gasteiger partial charge on any atom is -0.387 e. The molecular formula is C20H27ClN2O2. The van der Waals surface area contributed by atoms with E-state index < -0.39 is 6.10 Å². The average Bonchev–Trinajstić information content (AvgIpc) is 2.60. The summed E-state index contributed by atoms with van der Waals surface area (Å²) in [4.78, 5) is 14.2. The van der Waals surface area contributed by atoms with Crippen molar-refractivity contribution in [2.45, 2.75) is 32.4 Å². The van der Waals surface area contributed by atoms with Gasteiger partial charge >= 0.3 is 0 Å². The lowest BCUT2D eigenvalue weighted by Gasteiger charge is -2.25. The molecule has 2 unspecified atom stereocenters. The summed E-state index contributed by atoms with van der Waals surface area (Å²) >= 11 is 0. The van der Waals surface area contributed by atoms with Crippen molar-refractivity contribution in [2.24, 2.45) is 5.73 Å². The van der Waals surface area contributed by atoms with Crippen LogP contribution in [0.25, 0.3) is 0 Å². The van der Waals surface area contributed by atoms with E-state index in [1.807, 2.05) is 68.4 Å². The van der Waals surface area contributed by atoms with Crippen LogP contribution >= 0.6 is 12.4 Å². The van der Waals surface area contributed by atoms with Crippen molar-refractivity contribution < 1.29 is 9.90 Å². The summed E-state index contributed by atoms with van der Waals surface area (Å²) in [6.07, 6.45) is -0.458. The largest absolute Gasteiger partial charge is 0.387 e. The fourth-order valence-electron chi connectivity index (χ4n) is 2.65. The van der Waals surface area contributed by atoms with Crippen LogP contribution < -0.4 is 5.73 Å². The van der Waals surface area contributed by atoms with Gasteiger partial charge in [0.1, 0.15) is 0 Å². The molecule has 2 aromatic carbocycles. The van der Waals surface area contributed by atoms with Gasteiger partial charge in [0.05, 0.1) is 12.6 Å². The number of carbonyl (C=O) groups is 1. The first-order valence-electron chi connectivity index (χ1n) is 8.34. The molecule has 0 aliphatic rings. The van der Waals surface area contributed by atoms with Crippen LogP contribution in [0.3, 0.4) is 0 Å². The molecule has 0 saturated heterocycles. The quantitative estimate of drug-likeness (QED) is 0.793. The summed E-state index contributed by atoms with van der Waals surface area (Å²) in [5.74, 6) is -0.0417. The Balaban J connectivity index is 0.00000312. The smallest absolute Gasteiger partial charge is 0.224 e. The third-order valence-corrected chi connectivity index (χ3v) is 4.21. The monoisotopic (exact) mass is 362 g/mol. The van der Waals surface area contributed by atoms with Gasteiger partial charge in [0.15, 0.2) is 0 Å². The number of aryl methyl sites for hydroxylation is 1. The van der Waals surface area contributed by atoms with Gasteiger partial charge in [-0.1, -0.05) is 60.2 Å². The molecule has 136 valence electrons. The average molecular weight is 363 g/mol. The van der Waals surface area contributed by atoms with Gasteiger partial charge in [0, 0.05) is 19.0 Å². The number of aliphatic hydroxyl groups is 1. The lowest BCUT2D eigenvalue weighted by atomic mass is 10.0. The number of hydrogen-bond donors (Lipinski definition) is 2. The second-order valence-electron chi connectivity index (χ2n) is 6.08. The molecule has 0 aromatic heterocycles. The first-order chi connectivity index (χ1) is 11.5. The van der Waals surface area contributed by atoms with Gasteiger partial charge in [0.25, 0.3) is 0 Å². The number of rotatable bonds is 7. The van der Waals surface area contributed by atoms with E-state index in [-0.39, 0.29) is 37.3 Å². The predicted molar refractivity (Wildman–Crippen MR) is 104 cm³/mol. The van der Waals surface area contributed by atoms with Crippen LogP contribution in [-0.4, -0.2) is 29.0 Å². The molecule has 2 aromatic rings. The van der Waals surface area contributed by atoms with Crippen molar-refractivity contribution in [3.8, 4) is 0 Å². The minimum atomic E-state index is -0.692. The Labute approximate surface area is 156 Å². The van der Waals surface area contributed by atoms with Gasteiger partial charge in [-0.05, 0) is 25.0 Å². The van der Waals surface area contributed by atoms with E-state index in [1.54, 1.807) is 4.90 Å². The molecule has 1 amide bonds. The maximum absolute atomic E-state index is 12.5. The number of nitrogens with zero attached hydrogens (tertiary/aromatic N) is 1. The van der Waals surface area contributed by atoms with Crippen molar-refractivity contribution in [3.05, 3.63) is 71.3 Å². The molecule has 0 spiro atoms. The van der Waals surface area contributed by atoms with Gasteiger partial charge in [-0.15, -0.1) is 12.4 Å². The molecule has 2 atom stereocenters. The molecule has 0 saturated carbocycles. The summed E-state index contributed by atoms with van der Waals surface area (Å²) in [5, 5.41) is 10.4. The molecule has 0 fully saturated rings. The second-order valence-corrected chi connectivity index (χ2v) is 6.08. The molecule has 0 aliphatic heterocycles. The van der Waals surface area contributed by atoms with Gasteiger partial charge in [-0.25, -0.2) is 0 Å². The van der Waals surface area contributed by atoms with Crippen molar-refractivity contribution in [1.29, 1.82) is 0 Å². The van der Waals surface area contributed by atoms with Gasteiger partial charge in [0.2, 0.25) is 5.91 Å². The van der Waals surface area contributed by atoms with Crippen LogP contribution in [0.15, 0.2) is 54.6 Å². The van der Waals surface area contributed by atoms with Crippen molar-refractivity contribution in [3.63, 3.8) is 0 Å². The molecule has 0 radical (unpaired) electrons. The maximum atomic E-state index is 12.5. The minimum absolute atomic E-state index is 0. The highest BCUT2D eigenvalue weighted by atomic mass is 35.5. The number of hydrogen-bond acceptors (Lipinski definition) is 3. The Hall–Kier alpha value is -1.88. The number of amides is 1. The summed E-state index contributed by atoms with van der Waals surface area (Å²) in [7, 11) is 0. The highest BCUT2D eigenvalue weighted by Gasteiger charge is 2.20. The summed E-state index contributed by atoms with van der Waals surface area (Å²) in [6.45, 7) is 4.74. The second kappa shape index (κ2) is 10.2. The molecule has 0 bridgehead atoms. The van der Waals surface area contributed by atoms with Crippen LogP contribution in [-0.2, 0) is 4.79 Å².